The van der Waals surface area contributed by atoms with E-state index in [2.05, 4.69) is 13.8 Å². The van der Waals surface area contributed by atoms with Crippen molar-refractivity contribution in [3.8, 4) is 0 Å². The molecule has 0 aromatic heterocycles. The molecular formula is C13H24N2O3S. The van der Waals surface area contributed by atoms with E-state index in [1.807, 2.05) is 13.8 Å². The highest BCUT2D eigenvalue weighted by atomic mass is 32.2. The second kappa shape index (κ2) is 6.50. The normalized spacial score (nSPS) is 24.6. The summed E-state index contributed by atoms with van der Waals surface area (Å²) in [6.45, 7) is 8.11. The number of thioether (sulfide) groups is 1. The summed E-state index contributed by atoms with van der Waals surface area (Å²) in [5.41, 5.74) is 0. The summed E-state index contributed by atoms with van der Waals surface area (Å²) in [6.07, 6.45) is 0.912. The van der Waals surface area contributed by atoms with E-state index in [-0.39, 0.29) is 17.4 Å². The molecule has 1 heterocycles. The fourth-order valence-electron chi connectivity index (χ4n) is 2.33. The average molecular weight is 288 g/mol. The standard InChI is InChI=1S/C13H24N2O3S/c1-8(2)6-9(3)14(5)13(18)15-10(4)19-7-11(15)12(16)17/h8-11H,6-7H2,1-5H3,(H,16,17). The Kier molecular flexibility index (Phi) is 5.52. The van der Waals surface area contributed by atoms with Crippen LogP contribution >= 0.6 is 11.8 Å². The highest BCUT2D eigenvalue weighted by Gasteiger charge is 2.41. The molecule has 3 atom stereocenters. The van der Waals surface area contributed by atoms with E-state index in [4.69, 9.17) is 0 Å². The van der Waals surface area contributed by atoms with Gasteiger partial charge in [-0.3, -0.25) is 4.90 Å². The van der Waals surface area contributed by atoms with Crippen molar-refractivity contribution in [1.82, 2.24) is 9.80 Å². The van der Waals surface area contributed by atoms with Crippen LogP contribution in [0.5, 0.6) is 0 Å². The Balaban J connectivity index is 2.77. The predicted octanol–water partition coefficient (Wildman–Crippen LogP) is 2.32. The van der Waals surface area contributed by atoms with Crippen molar-refractivity contribution >= 4 is 23.8 Å². The summed E-state index contributed by atoms with van der Waals surface area (Å²) in [5.74, 6) is 0.0512. The van der Waals surface area contributed by atoms with Gasteiger partial charge in [0, 0.05) is 18.8 Å². The van der Waals surface area contributed by atoms with Crippen LogP contribution in [-0.4, -0.2) is 57.2 Å². The molecule has 2 amide bonds. The number of hydrogen-bond acceptors (Lipinski definition) is 3. The molecule has 5 nitrogen and oxygen atoms in total. The number of carboxylic acid groups (broad SMARTS) is 1. The van der Waals surface area contributed by atoms with Crippen molar-refractivity contribution in [3.05, 3.63) is 0 Å². The summed E-state index contributed by atoms with van der Waals surface area (Å²) < 4.78 is 0. The zero-order valence-electron chi connectivity index (χ0n) is 12.3. The lowest BCUT2D eigenvalue weighted by atomic mass is 10.0. The molecule has 0 saturated carbocycles. The van der Waals surface area contributed by atoms with Gasteiger partial charge in [-0.05, 0) is 26.2 Å². The number of carboxylic acids is 1. The Morgan fingerprint density at radius 1 is 1.42 bits per heavy atom. The van der Waals surface area contributed by atoms with Gasteiger partial charge in [-0.2, -0.15) is 0 Å². The number of rotatable bonds is 4. The van der Waals surface area contributed by atoms with E-state index in [1.165, 1.54) is 16.7 Å². The lowest BCUT2D eigenvalue weighted by molar-refractivity contribution is -0.141. The highest BCUT2D eigenvalue weighted by Crippen LogP contribution is 2.30. The molecule has 1 fully saturated rings. The fraction of sp³-hybridized carbons (Fsp3) is 0.846. The van der Waals surface area contributed by atoms with E-state index in [0.29, 0.717) is 11.7 Å². The van der Waals surface area contributed by atoms with Crippen LogP contribution in [-0.2, 0) is 4.79 Å². The minimum atomic E-state index is -0.921. The molecule has 0 spiro atoms. The first-order chi connectivity index (χ1) is 8.75. The topological polar surface area (TPSA) is 60.9 Å². The number of amides is 2. The summed E-state index contributed by atoms with van der Waals surface area (Å²) >= 11 is 1.51. The largest absolute Gasteiger partial charge is 0.480 e. The minimum absolute atomic E-state index is 0.0812. The quantitative estimate of drug-likeness (QED) is 0.862. The molecular weight excluding hydrogens is 264 g/mol. The van der Waals surface area contributed by atoms with Crippen LogP contribution in [0.4, 0.5) is 4.79 Å². The first kappa shape index (κ1) is 16.1. The van der Waals surface area contributed by atoms with E-state index < -0.39 is 12.0 Å². The molecule has 6 heteroatoms. The second-order valence-electron chi connectivity index (χ2n) is 5.57. The lowest BCUT2D eigenvalue weighted by Gasteiger charge is -2.34. The molecule has 0 radical (unpaired) electrons. The Morgan fingerprint density at radius 2 is 2.00 bits per heavy atom. The van der Waals surface area contributed by atoms with Crippen LogP contribution in [0.2, 0.25) is 0 Å². The molecule has 1 aliphatic rings. The van der Waals surface area contributed by atoms with Crippen molar-refractivity contribution in [1.29, 1.82) is 0 Å². The van der Waals surface area contributed by atoms with Crippen LogP contribution in [0.1, 0.15) is 34.1 Å². The Bertz CT molecular complexity index is 349. The van der Waals surface area contributed by atoms with Crippen molar-refractivity contribution in [3.63, 3.8) is 0 Å². The average Bonchev–Trinajstić information content (AvgIpc) is 2.68. The van der Waals surface area contributed by atoms with Gasteiger partial charge in [-0.1, -0.05) is 13.8 Å². The van der Waals surface area contributed by atoms with Gasteiger partial charge in [-0.15, -0.1) is 11.8 Å². The smallest absolute Gasteiger partial charge is 0.327 e. The van der Waals surface area contributed by atoms with E-state index in [9.17, 15) is 14.7 Å². The molecule has 3 unspecified atom stereocenters. The maximum atomic E-state index is 12.5. The number of urea groups is 1. The van der Waals surface area contributed by atoms with Gasteiger partial charge in [0.25, 0.3) is 0 Å². The third-order valence-corrected chi connectivity index (χ3v) is 4.72. The number of aliphatic carboxylic acids is 1. The number of carbonyl (C=O) groups is 2. The highest BCUT2D eigenvalue weighted by molar-refractivity contribution is 8.00. The van der Waals surface area contributed by atoms with Crippen LogP contribution < -0.4 is 0 Å². The molecule has 1 aliphatic heterocycles. The monoisotopic (exact) mass is 288 g/mol. The maximum absolute atomic E-state index is 12.5. The number of nitrogens with zero attached hydrogens (tertiary/aromatic N) is 2. The second-order valence-corrected chi connectivity index (χ2v) is 6.91. The van der Waals surface area contributed by atoms with E-state index in [0.717, 1.165) is 6.42 Å². The summed E-state index contributed by atoms with van der Waals surface area (Å²) in [5, 5.41) is 9.11. The van der Waals surface area contributed by atoms with Crippen LogP contribution in [0.25, 0.3) is 0 Å². The third kappa shape index (κ3) is 3.78. The first-order valence-corrected chi connectivity index (χ1v) is 7.70. The molecule has 110 valence electrons. The SMILES string of the molecule is CC(C)CC(C)N(C)C(=O)N1C(C)SCC1C(=O)O. The van der Waals surface area contributed by atoms with Crippen LogP contribution in [0.3, 0.4) is 0 Å². The number of hydrogen-bond donors (Lipinski definition) is 1. The van der Waals surface area contributed by atoms with Crippen LogP contribution in [0.15, 0.2) is 0 Å². The van der Waals surface area contributed by atoms with E-state index >= 15 is 0 Å². The fourth-order valence-corrected chi connectivity index (χ4v) is 3.50. The van der Waals surface area contributed by atoms with Gasteiger partial charge in [0.15, 0.2) is 0 Å². The van der Waals surface area contributed by atoms with Crippen molar-refractivity contribution in [2.75, 3.05) is 12.8 Å². The molecule has 0 aliphatic carbocycles. The third-order valence-electron chi connectivity index (χ3n) is 3.50. The van der Waals surface area contributed by atoms with Crippen LogP contribution in [0, 0.1) is 5.92 Å². The molecule has 0 aromatic carbocycles. The van der Waals surface area contributed by atoms with Crippen molar-refractivity contribution in [2.24, 2.45) is 5.92 Å². The van der Waals surface area contributed by atoms with Gasteiger partial charge >= 0.3 is 12.0 Å². The molecule has 19 heavy (non-hydrogen) atoms. The molecule has 0 bridgehead atoms. The molecule has 1 rings (SSSR count). The summed E-state index contributed by atoms with van der Waals surface area (Å²) in [4.78, 5) is 26.8. The first-order valence-electron chi connectivity index (χ1n) is 6.65. The maximum Gasteiger partial charge on any atom is 0.327 e. The van der Waals surface area contributed by atoms with Gasteiger partial charge in [0.05, 0.1) is 5.37 Å². The summed E-state index contributed by atoms with van der Waals surface area (Å²) in [6, 6.07) is -0.779. The molecule has 1 saturated heterocycles. The van der Waals surface area contributed by atoms with Crippen molar-refractivity contribution < 1.29 is 14.7 Å². The number of carbonyl (C=O) groups excluding carboxylic acids is 1. The van der Waals surface area contributed by atoms with Gasteiger partial charge in [0.1, 0.15) is 6.04 Å². The summed E-state index contributed by atoms with van der Waals surface area (Å²) in [7, 11) is 1.75. The molecule has 1 N–H and O–H groups in total. The Morgan fingerprint density at radius 3 is 2.47 bits per heavy atom. The predicted molar refractivity (Wildman–Crippen MR) is 77.3 cm³/mol. The zero-order chi connectivity index (χ0) is 14.7. The van der Waals surface area contributed by atoms with Gasteiger partial charge < -0.3 is 10.0 Å². The Hall–Kier alpha value is -0.910. The zero-order valence-corrected chi connectivity index (χ0v) is 13.1. The van der Waals surface area contributed by atoms with Gasteiger partial charge in [0.2, 0.25) is 0 Å². The van der Waals surface area contributed by atoms with E-state index in [1.54, 1.807) is 11.9 Å². The van der Waals surface area contributed by atoms with Gasteiger partial charge in [-0.25, -0.2) is 9.59 Å². The molecule has 0 aromatic rings. The lowest BCUT2D eigenvalue weighted by Crippen LogP contribution is -2.52. The minimum Gasteiger partial charge on any atom is -0.480 e. The Labute approximate surface area is 119 Å². The van der Waals surface area contributed by atoms with Crippen molar-refractivity contribution in [2.45, 2.75) is 51.6 Å².